The maximum Gasteiger partial charge on any atom is 0.247 e. The van der Waals surface area contributed by atoms with Crippen LogP contribution >= 0.6 is 0 Å². The zero-order valence-corrected chi connectivity index (χ0v) is 21.2. The molecule has 1 N–H and O–H groups in total. The lowest BCUT2D eigenvalue weighted by molar-refractivity contribution is -0.143. The van der Waals surface area contributed by atoms with Gasteiger partial charge in [-0.05, 0) is 62.7 Å². The van der Waals surface area contributed by atoms with Crippen LogP contribution in [0.25, 0.3) is 11.4 Å². The molecular formula is C27H29FN6O3. The van der Waals surface area contributed by atoms with Gasteiger partial charge in [0.25, 0.3) is 0 Å². The summed E-state index contributed by atoms with van der Waals surface area (Å²) in [4.78, 5) is 29.8. The first kappa shape index (κ1) is 25.7. The van der Waals surface area contributed by atoms with Gasteiger partial charge < -0.3 is 14.6 Å². The van der Waals surface area contributed by atoms with E-state index in [0.717, 1.165) is 11.1 Å². The van der Waals surface area contributed by atoms with Crippen molar-refractivity contribution in [3.05, 3.63) is 89.6 Å². The average Bonchev–Trinajstić information content (AvgIpc) is 3.51. The van der Waals surface area contributed by atoms with E-state index in [4.69, 9.17) is 4.42 Å². The lowest BCUT2D eigenvalue weighted by Gasteiger charge is -2.33. The van der Waals surface area contributed by atoms with E-state index >= 15 is 0 Å². The second-order valence-electron chi connectivity index (χ2n) is 9.80. The Morgan fingerprint density at radius 2 is 1.78 bits per heavy atom. The number of nitrogens with one attached hydrogen (secondary N) is 1. The number of tetrazole rings is 1. The molecule has 2 aromatic heterocycles. The highest BCUT2D eigenvalue weighted by molar-refractivity contribution is 5.89. The van der Waals surface area contributed by atoms with Crippen LogP contribution in [0.1, 0.15) is 43.7 Å². The summed E-state index contributed by atoms with van der Waals surface area (Å²) in [5, 5.41) is 15.4. The van der Waals surface area contributed by atoms with Crippen molar-refractivity contribution in [1.82, 2.24) is 30.4 Å². The summed E-state index contributed by atoms with van der Waals surface area (Å²) in [5.41, 5.74) is 1.76. The van der Waals surface area contributed by atoms with Gasteiger partial charge >= 0.3 is 0 Å². The first-order valence-electron chi connectivity index (χ1n) is 11.8. The number of hydrogen-bond donors (Lipinski definition) is 1. The molecule has 10 heteroatoms. The molecule has 0 saturated carbocycles. The number of nitrogens with zero attached hydrogens (tertiary/aromatic N) is 5. The summed E-state index contributed by atoms with van der Waals surface area (Å²) in [7, 11) is 0. The fraction of sp³-hybridized carbons (Fsp3) is 0.296. The summed E-state index contributed by atoms with van der Waals surface area (Å²) < 4.78 is 19.2. The molecule has 0 aliphatic rings. The molecule has 0 bridgehead atoms. The van der Waals surface area contributed by atoms with Crippen LogP contribution in [0.3, 0.4) is 0 Å². The van der Waals surface area contributed by atoms with Crippen molar-refractivity contribution in [3.8, 4) is 11.4 Å². The van der Waals surface area contributed by atoms with Crippen LogP contribution in [0.2, 0.25) is 0 Å². The number of aromatic nitrogens is 4. The van der Waals surface area contributed by atoms with Gasteiger partial charge in [0.05, 0.1) is 12.8 Å². The van der Waals surface area contributed by atoms with E-state index in [-0.39, 0.29) is 13.1 Å². The Morgan fingerprint density at radius 1 is 1.08 bits per heavy atom. The molecule has 0 fully saturated rings. The minimum Gasteiger partial charge on any atom is -0.467 e. The van der Waals surface area contributed by atoms with Gasteiger partial charge in [-0.1, -0.05) is 42.0 Å². The van der Waals surface area contributed by atoms with Crippen LogP contribution in [-0.4, -0.2) is 42.5 Å². The number of hydrogen-bond acceptors (Lipinski definition) is 6. The van der Waals surface area contributed by atoms with E-state index in [1.807, 2.05) is 52.0 Å². The molecule has 2 amide bonds. The topological polar surface area (TPSA) is 106 Å². The van der Waals surface area contributed by atoms with Gasteiger partial charge in [0.15, 0.2) is 0 Å². The van der Waals surface area contributed by atoms with Gasteiger partial charge in [-0.25, -0.2) is 4.39 Å². The fourth-order valence-electron chi connectivity index (χ4n) is 3.79. The lowest BCUT2D eigenvalue weighted by atomic mass is 10.0. The van der Waals surface area contributed by atoms with Crippen LogP contribution in [0, 0.1) is 12.7 Å². The molecule has 9 nitrogen and oxygen atoms in total. The second-order valence-corrected chi connectivity index (χ2v) is 9.80. The molecule has 37 heavy (non-hydrogen) atoms. The maximum atomic E-state index is 13.7. The van der Waals surface area contributed by atoms with Gasteiger partial charge in [-0.15, -0.1) is 10.2 Å². The van der Waals surface area contributed by atoms with E-state index in [2.05, 4.69) is 20.7 Å². The fourth-order valence-corrected chi connectivity index (χ4v) is 3.79. The number of amides is 2. The molecule has 2 aromatic carbocycles. The number of benzene rings is 2. The Bertz CT molecular complexity index is 1340. The number of halogens is 1. The SMILES string of the molecule is Cc1ccc(-c2nnn(CC(=O)N(Cc3ccco3)[C@H](C(=O)NC(C)(C)C)c3ccc(F)cc3)n2)cc1. The van der Waals surface area contributed by atoms with Crippen LogP contribution in [-0.2, 0) is 22.7 Å². The molecule has 0 spiro atoms. The molecule has 192 valence electrons. The van der Waals surface area contributed by atoms with Crippen molar-refractivity contribution >= 4 is 11.8 Å². The largest absolute Gasteiger partial charge is 0.467 e. The average molecular weight is 505 g/mol. The highest BCUT2D eigenvalue weighted by Gasteiger charge is 2.34. The molecule has 1 atom stereocenters. The molecule has 0 aliphatic carbocycles. The van der Waals surface area contributed by atoms with Gasteiger partial charge in [0.2, 0.25) is 17.6 Å². The summed E-state index contributed by atoms with van der Waals surface area (Å²) in [6.07, 6.45) is 1.49. The van der Waals surface area contributed by atoms with Crippen molar-refractivity contribution in [2.45, 2.75) is 52.4 Å². The minimum atomic E-state index is -1.06. The Hall–Kier alpha value is -4.34. The van der Waals surface area contributed by atoms with Gasteiger partial charge in [-0.3, -0.25) is 9.59 Å². The number of carbonyl (C=O) groups is 2. The quantitative estimate of drug-likeness (QED) is 0.388. The normalized spacial score (nSPS) is 12.2. The summed E-state index contributed by atoms with van der Waals surface area (Å²) in [6.45, 7) is 7.25. The van der Waals surface area contributed by atoms with E-state index in [1.54, 1.807) is 12.1 Å². The second kappa shape index (κ2) is 10.7. The van der Waals surface area contributed by atoms with Crippen molar-refractivity contribution < 1.29 is 18.4 Å². The molecular weight excluding hydrogens is 475 g/mol. The first-order chi connectivity index (χ1) is 17.6. The zero-order chi connectivity index (χ0) is 26.6. The molecule has 2 heterocycles. The molecule has 0 radical (unpaired) electrons. The van der Waals surface area contributed by atoms with Crippen molar-refractivity contribution in [3.63, 3.8) is 0 Å². The predicted octanol–water partition coefficient (Wildman–Crippen LogP) is 4.07. The zero-order valence-electron chi connectivity index (χ0n) is 21.2. The Balaban J connectivity index is 1.66. The monoisotopic (exact) mass is 504 g/mol. The third kappa shape index (κ3) is 6.66. The van der Waals surface area contributed by atoms with Crippen LogP contribution in [0.5, 0.6) is 0 Å². The van der Waals surface area contributed by atoms with Gasteiger partial charge in [0, 0.05) is 11.1 Å². The molecule has 4 rings (SSSR count). The van der Waals surface area contributed by atoms with E-state index in [1.165, 1.54) is 40.2 Å². The van der Waals surface area contributed by atoms with Crippen molar-refractivity contribution in [2.24, 2.45) is 0 Å². The van der Waals surface area contributed by atoms with Gasteiger partial charge in [-0.2, -0.15) is 4.80 Å². The molecule has 0 aliphatic heterocycles. The Kier molecular flexibility index (Phi) is 7.47. The number of rotatable bonds is 8. The van der Waals surface area contributed by atoms with Crippen LogP contribution < -0.4 is 5.32 Å². The van der Waals surface area contributed by atoms with Gasteiger partial charge in [0.1, 0.15) is 24.2 Å². The Labute approximate surface area is 214 Å². The highest BCUT2D eigenvalue weighted by atomic mass is 19.1. The Morgan fingerprint density at radius 3 is 2.41 bits per heavy atom. The number of aryl methyl sites for hydroxylation is 1. The van der Waals surface area contributed by atoms with Crippen LogP contribution in [0.15, 0.2) is 71.3 Å². The predicted molar refractivity (Wildman–Crippen MR) is 134 cm³/mol. The summed E-state index contributed by atoms with van der Waals surface area (Å²) >= 11 is 0. The lowest BCUT2D eigenvalue weighted by Crippen LogP contribution is -2.49. The molecule has 4 aromatic rings. The molecule has 0 unspecified atom stereocenters. The van der Waals surface area contributed by atoms with Crippen molar-refractivity contribution in [1.29, 1.82) is 0 Å². The summed E-state index contributed by atoms with van der Waals surface area (Å²) in [6, 6.07) is 15.5. The summed E-state index contributed by atoms with van der Waals surface area (Å²) in [5.74, 6) is -0.437. The minimum absolute atomic E-state index is 0.00492. The van der Waals surface area contributed by atoms with E-state index in [9.17, 15) is 14.0 Å². The number of carbonyl (C=O) groups excluding carboxylic acids is 2. The standard InChI is InChI=1S/C27H29FN6O3/c1-18-7-9-20(10-8-18)25-30-32-34(31-25)17-23(35)33(16-22-6-5-15-37-22)24(26(36)29-27(2,3)4)19-11-13-21(28)14-12-19/h5-15,24H,16-17H2,1-4H3,(H,29,36)/t24-/m0/s1. The first-order valence-corrected chi connectivity index (χ1v) is 11.8. The van der Waals surface area contributed by atoms with Crippen molar-refractivity contribution in [2.75, 3.05) is 0 Å². The molecule has 0 saturated heterocycles. The highest BCUT2D eigenvalue weighted by Crippen LogP contribution is 2.26. The van der Waals surface area contributed by atoms with E-state index < -0.39 is 29.2 Å². The van der Waals surface area contributed by atoms with E-state index in [0.29, 0.717) is 17.1 Å². The maximum absolute atomic E-state index is 13.7. The smallest absolute Gasteiger partial charge is 0.247 e. The third-order valence-corrected chi connectivity index (χ3v) is 5.51. The van der Waals surface area contributed by atoms with Crippen LogP contribution in [0.4, 0.5) is 4.39 Å². The number of furan rings is 1. The third-order valence-electron chi connectivity index (χ3n) is 5.51.